The highest BCUT2D eigenvalue weighted by Gasteiger charge is 2.43. The average molecular weight is 284 g/mol. The topological polar surface area (TPSA) is 59.6 Å². The fraction of sp³-hybridized carbons (Fsp3) is 0.462. The van der Waals surface area contributed by atoms with Crippen molar-refractivity contribution < 1.29 is 23.0 Å². The maximum Gasteiger partial charge on any atom is 0.586 e. The van der Waals surface area contributed by atoms with Crippen LogP contribution in [0.25, 0.3) is 0 Å². The Labute approximate surface area is 114 Å². The molecule has 20 heavy (non-hydrogen) atoms. The average Bonchev–Trinajstić information content (AvgIpc) is 2.90. The van der Waals surface area contributed by atoms with Gasteiger partial charge in [-0.15, -0.1) is 8.78 Å². The molecule has 7 heteroatoms. The Morgan fingerprint density at radius 3 is 2.85 bits per heavy atom. The van der Waals surface area contributed by atoms with Gasteiger partial charge in [0, 0.05) is 17.8 Å². The van der Waals surface area contributed by atoms with Crippen molar-refractivity contribution in [2.45, 2.75) is 25.7 Å². The molecular weight excluding hydrogens is 270 g/mol. The van der Waals surface area contributed by atoms with Crippen LogP contribution in [-0.4, -0.2) is 24.8 Å². The Morgan fingerprint density at radius 2 is 2.15 bits per heavy atom. The first-order valence-corrected chi connectivity index (χ1v) is 6.39. The van der Waals surface area contributed by atoms with Gasteiger partial charge >= 0.3 is 6.29 Å². The van der Waals surface area contributed by atoms with E-state index in [-0.39, 0.29) is 29.4 Å². The summed E-state index contributed by atoms with van der Waals surface area (Å²) in [6, 6.07) is 4.30. The summed E-state index contributed by atoms with van der Waals surface area (Å²) in [6.07, 6.45) is -2.88. The van der Waals surface area contributed by atoms with E-state index in [9.17, 15) is 13.6 Å². The van der Waals surface area contributed by atoms with E-state index in [4.69, 9.17) is 0 Å². The molecule has 2 aliphatic heterocycles. The number of anilines is 1. The van der Waals surface area contributed by atoms with Crippen LogP contribution in [0, 0.1) is 5.92 Å². The highest BCUT2D eigenvalue weighted by atomic mass is 19.3. The number of alkyl halides is 2. The summed E-state index contributed by atoms with van der Waals surface area (Å²) in [4.78, 5) is 12.1. The van der Waals surface area contributed by atoms with Crippen LogP contribution in [0.15, 0.2) is 18.2 Å². The predicted octanol–water partition coefficient (Wildman–Crippen LogP) is 1.94. The summed E-state index contributed by atoms with van der Waals surface area (Å²) in [6.45, 7) is 2.74. The van der Waals surface area contributed by atoms with E-state index in [1.54, 1.807) is 0 Å². The SMILES string of the molecule is CC1NCCC1C(=O)Nc1ccc2c(c1)OC(F)(F)O2. The summed E-state index contributed by atoms with van der Waals surface area (Å²) < 4.78 is 34.4. The number of hydrogen-bond acceptors (Lipinski definition) is 4. The Bertz CT molecular complexity index is 550. The second kappa shape index (κ2) is 4.59. The second-order valence-corrected chi connectivity index (χ2v) is 4.96. The number of ether oxygens (including phenoxy) is 2. The first-order chi connectivity index (χ1) is 9.44. The Balaban J connectivity index is 1.72. The van der Waals surface area contributed by atoms with Gasteiger partial charge in [-0.05, 0) is 32.0 Å². The second-order valence-electron chi connectivity index (χ2n) is 4.96. The monoisotopic (exact) mass is 284 g/mol. The zero-order chi connectivity index (χ0) is 14.3. The number of halogens is 2. The molecule has 108 valence electrons. The molecule has 5 nitrogen and oxygen atoms in total. The molecule has 2 aliphatic rings. The van der Waals surface area contributed by atoms with Crippen LogP contribution in [-0.2, 0) is 4.79 Å². The van der Waals surface area contributed by atoms with E-state index in [1.165, 1.54) is 18.2 Å². The third-order valence-electron chi connectivity index (χ3n) is 3.53. The van der Waals surface area contributed by atoms with E-state index < -0.39 is 6.29 Å². The van der Waals surface area contributed by atoms with Crippen LogP contribution in [0.1, 0.15) is 13.3 Å². The lowest BCUT2D eigenvalue weighted by atomic mass is 10.0. The number of nitrogens with one attached hydrogen (secondary N) is 2. The van der Waals surface area contributed by atoms with Gasteiger partial charge in [0.25, 0.3) is 0 Å². The van der Waals surface area contributed by atoms with Crippen LogP contribution < -0.4 is 20.1 Å². The number of rotatable bonds is 2. The zero-order valence-electron chi connectivity index (χ0n) is 10.8. The quantitative estimate of drug-likeness (QED) is 0.871. The molecule has 0 radical (unpaired) electrons. The van der Waals surface area contributed by atoms with Gasteiger partial charge in [-0.1, -0.05) is 0 Å². The van der Waals surface area contributed by atoms with E-state index in [0.717, 1.165) is 13.0 Å². The van der Waals surface area contributed by atoms with Gasteiger partial charge in [-0.2, -0.15) is 0 Å². The summed E-state index contributed by atoms with van der Waals surface area (Å²) in [5.74, 6) is -0.371. The van der Waals surface area contributed by atoms with Gasteiger partial charge in [0.05, 0.1) is 5.92 Å². The molecule has 2 atom stereocenters. The summed E-state index contributed by atoms with van der Waals surface area (Å²) in [5.41, 5.74) is 0.411. The van der Waals surface area contributed by atoms with E-state index in [0.29, 0.717) is 5.69 Å². The lowest BCUT2D eigenvalue weighted by molar-refractivity contribution is -0.286. The molecule has 2 heterocycles. The number of carbonyl (C=O) groups is 1. The number of carbonyl (C=O) groups excluding carboxylic acids is 1. The smallest absolute Gasteiger partial charge is 0.395 e. The highest BCUT2D eigenvalue weighted by molar-refractivity contribution is 5.93. The molecule has 1 saturated heterocycles. The number of benzene rings is 1. The largest absolute Gasteiger partial charge is 0.586 e. The van der Waals surface area contributed by atoms with Crippen LogP contribution in [0.3, 0.4) is 0 Å². The Kier molecular flexibility index (Phi) is 3.01. The van der Waals surface area contributed by atoms with Gasteiger partial charge in [-0.3, -0.25) is 4.79 Å². The maximum absolute atomic E-state index is 12.9. The normalized spacial score (nSPS) is 26.6. The van der Waals surface area contributed by atoms with E-state index in [1.807, 2.05) is 6.92 Å². The van der Waals surface area contributed by atoms with Crippen LogP contribution >= 0.6 is 0 Å². The standard InChI is InChI=1S/C13H14F2N2O3/c1-7-9(4-5-16-7)12(18)17-8-2-3-10-11(6-8)20-13(14,15)19-10/h2-3,6-7,9,16H,4-5H2,1H3,(H,17,18). The fourth-order valence-electron chi connectivity index (χ4n) is 2.48. The summed E-state index contributed by atoms with van der Waals surface area (Å²) >= 11 is 0. The van der Waals surface area contributed by atoms with Crippen molar-refractivity contribution in [2.24, 2.45) is 5.92 Å². The molecule has 1 amide bonds. The lowest BCUT2D eigenvalue weighted by Gasteiger charge is -2.15. The van der Waals surface area contributed by atoms with Crippen molar-refractivity contribution in [1.29, 1.82) is 0 Å². The van der Waals surface area contributed by atoms with Crippen LogP contribution in [0.2, 0.25) is 0 Å². The lowest BCUT2D eigenvalue weighted by Crippen LogP contribution is -2.32. The summed E-state index contributed by atoms with van der Waals surface area (Å²) in [7, 11) is 0. The summed E-state index contributed by atoms with van der Waals surface area (Å²) in [5, 5.41) is 5.90. The van der Waals surface area contributed by atoms with Crippen molar-refractivity contribution in [1.82, 2.24) is 5.32 Å². The molecule has 1 aromatic rings. The fourth-order valence-corrected chi connectivity index (χ4v) is 2.48. The number of amides is 1. The first-order valence-electron chi connectivity index (χ1n) is 6.39. The third-order valence-corrected chi connectivity index (χ3v) is 3.53. The minimum Gasteiger partial charge on any atom is -0.395 e. The van der Waals surface area contributed by atoms with Gasteiger partial charge in [0.1, 0.15) is 0 Å². The van der Waals surface area contributed by atoms with Gasteiger partial charge in [0.2, 0.25) is 5.91 Å². The Hall–Kier alpha value is -1.89. The van der Waals surface area contributed by atoms with Crippen molar-refractivity contribution in [3.05, 3.63) is 18.2 Å². The van der Waals surface area contributed by atoms with Crippen molar-refractivity contribution in [3.63, 3.8) is 0 Å². The molecule has 3 rings (SSSR count). The third kappa shape index (κ3) is 2.40. The molecular formula is C13H14F2N2O3. The first kappa shape index (κ1) is 13.1. The van der Waals surface area contributed by atoms with Crippen molar-refractivity contribution in [3.8, 4) is 11.5 Å². The van der Waals surface area contributed by atoms with Crippen molar-refractivity contribution >= 4 is 11.6 Å². The van der Waals surface area contributed by atoms with Gasteiger partial charge in [0.15, 0.2) is 11.5 Å². The highest BCUT2D eigenvalue weighted by Crippen LogP contribution is 2.42. The van der Waals surface area contributed by atoms with E-state index >= 15 is 0 Å². The molecule has 2 unspecified atom stereocenters. The molecule has 0 spiro atoms. The minimum atomic E-state index is -3.64. The van der Waals surface area contributed by atoms with Gasteiger partial charge < -0.3 is 20.1 Å². The number of hydrogen-bond donors (Lipinski definition) is 2. The molecule has 1 fully saturated rings. The van der Waals surface area contributed by atoms with Crippen LogP contribution in [0.5, 0.6) is 11.5 Å². The maximum atomic E-state index is 12.9. The Morgan fingerprint density at radius 1 is 1.40 bits per heavy atom. The molecule has 0 saturated carbocycles. The molecule has 0 aliphatic carbocycles. The van der Waals surface area contributed by atoms with Crippen molar-refractivity contribution in [2.75, 3.05) is 11.9 Å². The zero-order valence-corrected chi connectivity index (χ0v) is 10.8. The predicted molar refractivity (Wildman–Crippen MR) is 66.8 cm³/mol. The molecule has 0 bridgehead atoms. The molecule has 0 aromatic heterocycles. The number of fused-ring (bicyclic) bond motifs is 1. The van der Waals surface area contributed by atoms with E-state index in [2.05, 4.69) is 20.1 Å². The molecule has 1 aromatic carbocycles. The minimum absolute atomic E-state index is 0.0381. The van der Waals surface area contributed by atoms with Crippen LogP contribution in [0.4, 0.5) is 14.5 Å². The van der Waals surface area contributed by atoms with Gasteiger partial charge in [-0.25, -0.2) is 0 Å². The molecule has 2 N–H and O–H groups in total.